The Morgan fingerprint density at radius 1 is 0.545 bits per heavy atom. The number of carboxylic acids is 1. The average Bonchev–Trinajstić information content (AvgIpc) is 3.41. The highest BCUT2D eigenvalue weighted by atomic mass is 16.4. The van der Waals surface area contributed by atoms with Gasteiger partial charge < -0.3 is 25.5 Å². The van der Waals surface area contributed by atoms with Crippen molar-refractivity contribution in [3.8, 4) is 11.4 Å². The highest BCUT2D eigenvalue weighted by Gasteiger charge is 2.24. The van der Waals surface area contributed by atoms with E-state index in [0.717, 1.165) is 27.9 Å². The van der Waals surface area contributed by atoms with E-state index in [9.17, 15) is 29.1 Å². The molecule has 0 aliphatic carbocycles. The van der Waals surface area contributed by atoms with Crippen molar-refractivity contribution in [2.45, 2.75) is 71.6 Å². The summed E-state index contributed by atoms with van der Waals surface area (Å²) in [6, 6.07) is 40.4. The van der Waals surface area contributed by atoms with Gasteiger partial charge in [-0.15, -0.1) is 0 Å². The Balaban J connectivity index is 1.04. The molecular formula is C61H71N9O7. The maximum atomic E-state index is 13.9. The molecule has 4 aromatic carbocycles. The quantitative estimate of drug-likeness (QED) is 0.0688. The van der Waals surface area contributed by atoms with E-state index in [1.54, 1.807) is 24.3 Å². The number of carboxylic acid groups (broad SMARTS) is 1. The van der Waals surface area contributed by atoms with Crippen molar-refractivity contribution >= 4 is 45.8 Å². The first kappa shape index (κ1) is 55.6. The Morgan fingerprint density at radius 2 is 1.01 bits per heavy atom. The number of nitrogens with zero attached hydrogens (tertiary/aromatic N) is 6. The maximum Gasteiger partial charge on any atom is 0.335 e. The van der Waals surface area contributed by atoms with Gasteiger partial charge in [-0.25, -0.2) is 14.8 Å². The summed E-state index contributed by atoms with van der Waals surface area (Å²) >= 11 is 0. The number of benzene rings is 4. The number of nitrogens with one attached hydrogen (secondary N) is 3. The van der Waals surface area contributed by atoms with Gasteiger partial charge in [0.05, 0.1) is 71.2 Å². The molecule has 1 saturated heterocycles. The lowest BCUT2D eigenvalue weighted by atomic mass is 9.86. The van der Waals surface area contributed by atoms with Gasteiger partial charge in [0.15, 0.2) is 0 Å². The van der Waals surface area contributed by atoms with Gasteiger partial charge in [-0.1, -0.05) is 106 Å². The third-order valence-electron chi connectivity index (χ3n) is 14.3. The first-order valence-electron chi connectivity index (χ1n) is 26.5. The van der Waals surface area contributed by atoms with E-state index in [1.807, 2.05) is 118 Å². The van der Waals surface area contributed by atoms with Crippen LogP contribution in [0.25, 0.3) is 33.5 Å². The molecule has 4 heterocycles. The van der Waals surface area contributed by atoms with Crippen LogP contribution in [0.15, 0.2) is 143 Å². The minimum atomic E-state index is -1.02. The number of carbonyl (C=O) groups excluding carboxylic acids is 3. The van der Waals surface area contributed by atoms with Gasteiger partial charge in [0.25, 0.3) is 0 Å². The van der Waals surface area contributed by atoms with Crippen LogP contribution in [-0.2, 0) is 26.3 Å². The van der Waals surface area contributed by atoms with Crippen LogP contribution in [0.4, 0.5) is 0 Å². The first-order valence-corrected chi connectivity index (χ1v) is 26.5. The predicted molar refractivity (Wildman–Crippen MR) is 300 cm³/mol. The number of amides is 3. The van der Waals surface area contributed by atoms with Crippen LogP contribution in [0, 0.1) is 0 Å². The van der Waals surface area contributed by atoms with Crippen molar-refractivity contribution in [1.82, 2.24) is 45.5 Å². The fourth-order valence-corrected chi connectivity index (χ4v) is 9.61. The van der Waals surface area contributed by atoms with Gasteiger partial charge in [-0.3, -0.25) is 38.8 Å². The fourth-order valence-electron chi connectivity index (χ4n) is 9.61. The van der Waals surface area contributed by atoms with Crippen LogP contribution in [-0.4, -0.2) is 130 Å². The molecule has 0 saturated carbocycles. The second kappa shape index (κ2) is 25.5. The van der Waals surface area contributed by atoms with Crippen LogP contribution >= 0.6 is 0 Å². The van der Waals surface area contributed by atoms with Crippen LogP contribution in [0.5, 0.6) is 0 Å². The zero-order valence-corrected chi connectivity index (χ0v) is 45.0. The first-order chi connectivity index (χ1) is 36.9. The summed E-state index contributed by atoms with van der Waals surface area (Å²) in [5, 5.41) is 19.8. The number of fused-ring (bicyclic) bond motifs is 2. The van der Waals surface area contributed by atoms with Crippen LogP contribution in [0.1, 0.15) is 98.0 Å². The Labute approximate surface area is 450 Å². The molecule has 3 aromatic heterocycles. The summed E-state index contributed by atoms with van der Waals surface area (Å²) in [6.07, 6.45) is 0. The number of rotatable bonds is 16. The van der Waals surface area contributed by atoms with Crippen LogP contribution in [0.3, 0.4) is 0 Å². The van der Waals surface area contributed by atoms with Crippen molar-refractivity contribution in [2.24, 2.45) is 0 Å². The van der Waals surface area contributed by atoms with E-state index in [-0.39, 0.29) is 77.6 Å². The third-order valence-corrected chi connectivity index (χ3v) is 14.3. The Hall–Kier alpha value is -7.63. The summed E-state index contributed by atoms with van der Waals surface area (Å²) in [6.45, 7) is 16.9. The predicted octanol–water partition coefficient (Wildman–Crippen LogP) is 7.75. The summed E-state index contributed by atoms with van der Waals surface area (Å²) in [5.74, 6) is -1.47. The van der Waals surface area contributed by atoms with Gasteiger partial charge in [0.1, 0.15) is 5.58 Å². The Bertz CT molecular complexity index is 3140. The van der Waals surface area contributed by atoms with E-state index in [2.05, 4.69) is 56.3 Å². The van der Waals surface area contributed by atoms with Crippen molar-refractivity contribution < 1.29 is 28.7 Å². The lowest BCUT2D eigenvalue weighted by molar-refractivity contribution is -0.125. The van der Waals surface area contributed by atoms with Gasteiger partial charge in [0.2, 0.25) is 28.9 Å². The lowest BCUT2D eigenvalue weighted by Crippen LogP contribution is -2.50. The summed E-state index contributed by atoms with van der Waals surface area (Å²) in [7, 11) is 0. The summed E-state index contributed by atoms with van der Waals surface area (Å²) in [4.78, 5) is 85.3. The molecule has 0 unspecified atom stereocenters. The monoisotopic (exact) mass is 1040 g/mol. The van der Waals surface area contributed by atoms with Crippen molar-refractivity contribution in [2.75, 3.05) is 72.0 Å². The maximum absolute atomic E-state index is 13.9. The number of hydrogen-bond donors (Lipinski definition) is 4. The van der Waals surface area contributed by atoms with E-state index in [4.69, 9.17) is 14.4 Å². The van der Waals surface area contributed by atoms with Crippen LogP contribution < -0.4 is 21.4 Å². The van der Waals surface area contributed by atoms with Crippen molar-refractivity contribution in [3.05, 3.63) is 177 Å². The SMILES string of the molecule is C[C@H](NC(=O)CN1CCN(CC(=O)N[C@@H](C)c2ccccc2)CCN(Cc2cccc(-c3ccc4c(=O)c5cc(C(C)(C)C)ccc5oc4n3)n2)CCN(CC(=O)N[C@@H](C)c2ccccc2)CC1)c1ccc(C(=O)O)cc1. The molecule has 4 N–H and O–H groups in total. The molecule has 402 valence electrons. The second-order valence-corrected chi connectivity index (χ2v) is 21.2. The number of pyridine rings is 2. The largest absolute Gasteiger partial charge is 0.478 e. The highest BCUT2D eigenvalue weighted by molar-refractivity contribution is 5.90. The van der Waals surface area contributed by atoms with Crippen LogP contribution in [0.2, 0.25) is 0 Å². The van der Waals surface area contributed by atoms with Gasteiger partial charge in [-0.05, 0) is 97.0 Å². The molecule has 3 amide bonds. The smallest absolute Gasteiger partial charge is 0.335 e. The zero-order valence-electron chi connectivity index (χ0n) is 45.0. The molecule has 16 nitrogen and oxygen atoms in total. The van der Waals surface area contributed by atoms with Gasteiger partial charge >= 0.3 is 5.97 Å². The molecule has 1 aliphatic rings. The Kier molecular flexibility index (Phi) is 18.4. The third kappa shape index (κ3) is 15.3. The van der Waals surface area contributed by atoms with Crippen molar-refractivity contribution in [3.63, 3.8) is 0 Å². The number of carbonyl (C=O) groups is 4. The highest BCUT2D eigenvalue weighted by Crippen LogP contribution is 2.28. The van der Waals surface area contributed by atoms with Gasteiger partial charge in [-0.2, -0.15) is 0 Å². The van der Waals surface area contributed by atoms with E-state index in [1.165, 1.54) is 12.1 Å². The number of aromatic carboxylic acids is 1. The zero-order chi connectivity index (χ0) is 54.6. The minimum Gasteiger partial charge on any atom is -0.478 e. The van der Waals surface area contributed by atoms with Gasteiger partial charge in [0, 0.05) is 58.9 Å². The normalized spacial score (nSPS) is 15.9. The average molecular weight is 1040 g/mol. The molecule has 0 spiro atoms. The van der Waals surface area contributed by atoms with E-state index >= 15 is 0 Å². The molecule has 77 heavy (non-hydrogen) atoms. The molecule has 7 aromatic rings. The van der Waals surface area contributed by atoms with E-state index in [0.29, 0.717) is 86.6 Å². The minimum absolute atomic E-state index is 0.0644. The van der Waals surface area contributed by atoms with E-state index < -0.39 is 5.97 Å². The topological polar surface area (TPSA) is 194 Å². The molecule has 3 atom stereocenters. The molecule has 0 radical (unpaired) electrons. The Morgan fingerprint density at radius 3 is 1.49 bits per heavy atom. The number of aromatic nitrogens is 2. The standard InChI is InChI=1S/C61H71N9O7/c1-41(44-14-9-7-10-15-44)62-55(71)38-68-30-28-67(37-49-18-13-19-52(65-49)53-26-25-50-58(74)51-36-48(61(4,5)6)24-27-54(51)77-59(50)66-53)29-31-69(39-56(72)63-42(2)45-16-11-8-12-17-45)33-35-70(34-32-68)40-57(73)64-43(3)46-20-22-47(23-21-46)60(75)76/h7-27,36,41-43H,28-35,37-40H2,1-6H3,(H,62,71)(H,63,72)(H,64,73)(H,75,76)/t41-,42-,43-/m0/s1. The molecule has 16 heteroatoms. The summed E-state index contributed by atoms with van der Waals surface area (Å²) < 4.78 is 6.25. The fraction of sp³-hybridized carbons (Fsp3) is 0.361. The molecule has 1 fully saturated rings. The van der Waals surface area contributed by atoms with Crippen molar-refractivity contribution in [1.29, 1.82) is 0 Å². The lowest BCUT2D eigenvalue weighted by Gasteiger charge is -2.34. The molecule has 0 bridgehead atoms. The number of hydrogen-bond acceptors (Lipinski definition) is 12. The second-order valence-electron chi connectivity index (χ2n) is 21.2. The molecule has 8 rings (SSSR count). The molecular weight excluding hydrogens is 971 g/mol. The summed E-state index contributed by atoms with van der Waals surface area (Å²) in [5.41, 5.74) is 6.39. The molecule has 1 aliphatic heterocycles.